The number of aromatic carboxylic acids is 1. The third kappa shape index (κ3) is 2.91. The van der Waals surface area contributed by atoms with Gasteiger partial charge >= 0.3 is 5.97 Å². The summed E-state index contributed by atoms with van der Waals surface area (Å²) < 4.78 is 0. The van der Waals surface area contributed by atoms with Gasteiger partial charge in [0.05, 0.1) is 22.5 Å². The first-order valence-electron chi connectivity index (χ1n) is 4.84. The number of nitrogens with two attached hydrogens (primary N) is 1. The van der Waals surface area contributed by atoms with Crippen molar-refractivity contribution in [3.63, 3.8) is 0 Å². The van der Waals surface area contributed by atoms with Crippen molar-refractivity contribution in [3.8, 4) is 0 Å². The van der Waals surface area contributed by atoms with Crippen molar-refractivity contribution in [1.29, 1.82) is 0 Å². The van der Waals surface area contributed by atoms with Crippen LogP contribution >= 0.6 is 23.4 Å². The van der Waals surface area contributed by atoms with E-state index in [1.54, 1.807) is 12.1 Å². The molecule has 2 rings (SSSR count). The molecule has 7 heteroatoms. The van der Waals surface area contributed by atoms with E-state index in [0.29, 0.717) is 15.1 Å². The van der Waals surface area contributed by atoms with Gasteiger partial charge in [0.1, 0.15) is 10.1 Å². The number of aromatic nitrogens is 2. The maximum atomic E-state index is 10.9. The normalized spacial score (nSPS) is 10.3. The Morgan fingerprint density at radius 3 is 2.61 bits per heavy atom. The molecule has 0 unspecified atom stereocenters. The maximum absolute atomic E-state index is 10.9. The summed E-state index contributed by atoms with van der Waals surface area (Å²) in [5, 5.41) is 10.7. The Morgan fingerprint density at radius 1 is 1.28 bits per heavy atom. The molecule has 0 radical (unpaired) electrons. The molecule has 0 spiro atoms. The Balaban J connectivity index is 2.27. The van der Waals surface area contributed by atoms with Crippen molar-refractivity contribution >= 4 is 35.0 Å². The average Bonchev–Trinajstić information content (AvgIpc) is 2.34. The molecular formula is C11H8ClN3O2S. The summed E-state index contributed by atoms with van der Waals surface area (Å²) >= 11 is 6.96. The summed E-state index contributed by atoms with van der Waals surface area (Å²) in [7, 11) is 0. The molecule has 0 fully saturated rings. The van der Waals surface area contributed by atoms with E-state index in [0.717, 1.165) is 0 Å². The molecule has 0 aliphatic rings. The molecule has 0 aromatic carbocycles. The molecule has 92 valence electrons. The highest BCUT2D eigenvalue weighted by atomic mass is 35.5. The fourth-order valence-corrected chi connectivity index (χ4v) is 2.07. The molecule has 0 atom stereocenters. The molecule has 0 saturated heterocycles. The van der Waals surface area contributed by atoms with Crippen LogP contribution in [-0.4, -0.2) is 21.0 Å². The number of hydrogen-bond donors (Lipinski definition) is 2. The minimum atomic E-state index is -1.08. The van der Waals surface area contributed by atoms with E-state index < -0.39 is 5.97 Å². The zero-order valence-electron chi connectivity index (χ0n) is 9.00. The summed E-state index contributed by atoms with van der Waals surface area (Å²) in [5.74, 6) is -1.08. The largest absolute Gasteiger partial charge is 0.478 e. The first kappa shape index (κ1) is 12.7. The fraction of sp³-hybridized carbons (Fsp3) is 0. The third-order valence-electron chi connectivity index (χ3n) is 2.05. The zero-order valence-corrected chi connectivity index (χ0v) is 10.6. The predicted octanol–water partition coefficient (Wildman–Crippen LogP) is 2.56. The van der Waals surface area contributed by atoms with E-state index in [1.165, 1.54) is 30.2 Å². The molecular weight excluding hydrogens is 274 g/mol. The van der Waals surface area contributed by atoms with Crippen LogP contribution in [-0.2, 0) is 0 Å². The smallest absolute Gasteiger partial charge is 0.337 e. The van der Waals surface area contributed by atoms with Crippen molar-refractivity contribution in [2.75, 3.05) is 5.73 Å². The average molecular weight is 282 g/mol. The van der Waals surface area contributed by atoms with Gasteiger partial charge in [-0.2, -0.15) is 0 Å². The second-order valence-corrected chi connectivity index (χ2v) is 4.81. The molecule has 0 amide bonds. The monoisotopic (exact) mass is 281 g/mol. The van der Waals surface area contributed by atoms with Crippen molar-refractivity contribution in [1.82, 2.24) is 9.97 Å². The number of rotatable bonds is 3. The summed E-state index contributed by atoms with van der Waals surface area (Å²) in [4.78, 5) is 19.0. The highest BCUT2D eigenvalue weighted by molar-refractivity contribution is 7.99. The van der Waals surface area contributed by atoms with Gasteiger partial charge in [0.2, 0.25) is 0 Å². The molecule has 0 aliphatic heterocycles. The van der Waals surface area contributed by atoms with E-state index in [1.807, 2.05) is 0 Å². The van der Waals surface area contributed by atoms with Crippen LogP contribution in [0.25, 0.3) is 0 Å². The predicted molar refractivity (Wildman–Crippen MR) is 69.0 cm³/mol. The van der Waals surface area contributed by atoms with Crippen LogP contribution in [0, 0.1) is 0 Å². The molecule has 3 N–H and O–H groups in total. The molecule has 0 aliphatic carbocycles. The second kappa shape index (κ2) is 5.24. The van der Waals surface area contributed by atoms with Gasteiger partial charge in [-0.3, -0.25) is 0 Å². The van der Waals surface area contributed by atoms with Crippen LogP contribution in [0.5, 0.6) is 0 Å². The molecule has 2 aromatic heterocycles. The molecule has 18 heavy (non-hydrogen) atoms. The van der Waals surface area contributed by atoms with Gasteiger partial charge < -0.3 is 10.8 Å². The lowest BCUT2D eigenvalue weighted by Crippen LogP contribution is -2.03. The lowest BCUT2D eigenvalue weighted by Gasteiger charge is -2.03. The van der Waals surface area contributed by atoms with Crippen molar-refractivity contribution in [3.05, 3.63) is 41.2 Å². The van der Waals surface area contributed by atoms with Gasteiger partial charge in [0.15, 0.2) is 0 Å². The van der Waals surface area contributed by atoms with E-state index in [-0.39, 0.29) is 11.3 Å². The standard InChI is InChI=1S/C11H8ClN3O2S/c12-6-1-2-9(14-4-6)18-10-3-7(11(16)17)8(13)5-15-10/h1-5H,13H2,(H,16,17). The number of nitrogen functional groups attached to an aromatic ring is 1. The van der Waals surface area contributed by atoms with Gasteiger partial charge in [-0.1, -0.05) is 23.4 Å². The Morgan fingerprint density at radius 2 is 2.00 bits per heavy atom. The van der Waals surface area contributed by atoms with E-state index >= 15 is 0 Å². The van der Waals surface area contributed by atoms with Gasteiger partial charge in [-0.25, -0.2) is 14.8 Å². The minimum absolute atomic E-state index is 0.0291. The van der Waals surface area contributed by atoms with E-state index in [4.69, 9.17) is 22.4 Å². The van der Waals surface area contributed by atoms with Crippen LogP contribution < -0.4 is 5.73 Å². The number of nitrogens with zero attached hydrogens (tertiary/aromatic N) is 2. The van der Waals surface area contributed by atoms with Crippen molar-refractivity contribution in [2.24, 2.45) is 0 Å². The summed E-state index contributed by atoms with van der Waals surface area (Å²) in [6.07, 6.45) is 2.83. The van der Waals surface area contributed by atoms with Gasteiger partial charge in [-0.05, 0) is 18.2 Å². The summed E-state index contributed by atoms with van der Waals surface area (Å²) in [6, 6.07) is 4.84. The molecule has 0 saturated carbocycles. The lowest BCUT2D eigenvalue weighted by molar-refractivity contribution is 0.0697. The molecule has 2 heterocycles. The van der Waals surface area contributed by atoms with Crippen LogP contribution in [0.3, 0.4) is 0 Å². The Hall–Kier alpha value is -1.79. The van der Waals surface area contributed by atoms with Crippen LogP contribution in [0.15, 0.2) is 40.6 Å². The van der Waals surface area contributed by atoms with Crippen LogP contribution in [0.1, 0.15) is 10.4 Å². The van der Waals surface area contributed by atoms with Crippen molar-refractivity contribution in [2.45, 2.75) is 10.1 Å². The quantitative estimate of drug-likeness (QED) is 0.899. The third-order valence-corrected chi connectivity index (χ3v) is 3.16. The minimum Gasteiger partial charge on any atom is -0.478 e. The van der Waals surface area contributed by atoms with Crippen LogP contribution in [0.4, 0.5) is 5.69 Å². The SMILES string of the molecule is Nc1cnc(Sc2ccc(Cl)cn2)cc1C(=O)O. The van der Waals surface area contributed by atoms with E-state index in [9.17, 15) is 4.79 Å². The van der Waals surface area contributed by atoms with Gasteiger partial charge in [-0.15, -0.1) is 0 Å². The first-order valence-corrected chi connectivity index (χ1v) is 6.04. The number of carbonyl (C=O) groups is 1. The van der Waals surface area contributed by atoms with Gasteiger partial charge in [0, 0.05) is 6.20 Å². The number of anilines is 1. The van der Waals surface area contributed by atoms with E-state index in [2.05, 4.69) is 9.97 Å². The number of carboxylic acid groups (broad SMARTS) is 1. The lowest BCUT2D eigenvalue weighted by atomic mass is 10.2. The highest BCUT2D eigenvalue weighted by Crippen LogP contribution is 2.26. The summed E-state index contributed by atoms with van der Waals surface area (Å²) in [5.41, 5.74) is 5.68. The number of hydrogen-bond acceptors (Lipinski definition) is 5. The number of halogens is 1. The Bertz CT molecular complexity index is 589. The van der Waals surface area contributed by atoms with Gasteiger partial charge in [0.25, 0.3) is 0 Å². The second-order valence-electron chi connectivity index (χ2n) is 3.33. The topological polar surface area (TPSA) is 89.1 Å². The summed E-state index contributed by atoms with van der Waals surface area (Å²) in [6.45, 7) is 0. The van der Waals surface area contributed by atoms with Crippen LogP contribution in [0.2, 0.25) is 5.02 Å². The Kier molecular flexibility index (Phi) is 3.69. The zero-order chi connectivity index (χ0) is 13.1. The molecule has 5 nitrogen and oxygen atoms in total. The molecule has 2 aromatic rings. The number of pyridine rings is 2. The highest BCUT2D eigenvalue weighted by Gasteiger charge is 2.10. The first-order chi connectivity index (χ1) is 8.56. The fourth-order valence-electron chi connectivity index (χ4n) is 1.22. The maximum Gasteiger partial charge on any atom is 0.337 e. The Labute approximate surface area is 112 Å². The van der Waals surface area contributed by atoms with Crippen molar-refractivity contribution < 1.29 is 9.90 Å². The molecule has 0 bridgehead atoms. The number of carboxylic acids is 1.